The minimum Gasteiger partial charge on any atom is -0.460 e. The number of ether oxygens (including phenoxy) is 3. The van der Waals surface area contributed by atoms with Crippen molar-refractivity contribution in [1.29, 1.82) is 0 Å². The van der Waals surface area contributed by atoms with Crippen LogP contribution < -0.4 is 0 Å². The molecule has 0 saturated carbocycles. The average molecular weight is 323 g/mol. The van der Waals surface area contributed by atoms with Crippen LogP contribution in [0, 0.1) is 10.1 Å². The molecule has 1 saturated heterocycles. The monoisotopic (exact) mass is 323 g/mol. The lowest BCUT2D eigenvalue weighted by Gasteiger charge is -2.22. The zero-order valence-electron chi connectivity index (χ0n) is 12.4. The fraction of sp³-hybridized carbons (Fsp3) is 0.467. The van der Waals surface area contributed by atoms with Crippen LogP contribution in [0.15, 0.2) is 24.3 Å². The number of carbonyl (C=O) groups is 2. The molecule has 0 radical (unpaired) electrons. The molecule has 8 nitrogen and oxygen atoms in total. The SMILES string of the molecule is O=C(CC(=O)OCc1ccc([N+](=O)[O-])cc1)CC1COCCO1. The number of esters is 1. The topological polar surface area (TPSA) is 105 Å². The summed E-state index contributed by atoms with van der Waals surface area (Å²) in [7, 11) is 0. The predicted molar refractivity (Wildman–Crippen MR) is 77.7 cm³/mol. The molecular formula is C15H17NO7. The van der Waals surface area contributed by atoms with E-state index in [4.69, 9.17) is 14.2 Å². The summed E-state index contributed by atoms with van der Waals surface area (Å²) < 4.78 is 15.5. The number of nitro groups is 1. The molecule has 0 aromatic heterocycles. The van der Waals surface area contributed by atoms with Gasteiger partial charge in [-0.15, -0.1) is 0 Å². The van der Waals surface area contributed by atoms with Gasteiger partial charge in [-0.05, 0) is 17.7 Å². The van der Waals surface area contributed by atoms with Crippen LogP contribution in [0.1, 0.15) is 18.4 Å². The number of hydrogen-bond donors (Lipinski definition) is 0. The maximum atomic E-state index is 11.7. The first-order valence-electron chi connectivity index (χ1n) is 7.14. The molecule has 0 spiro atoms. The van der Waals surface area contributed by atoms with Crippen LogP contribution in [-0.4, -0.2) is 42.6 Å². The van der Waals surface area contributed by atoms with E-state index in [1.165, 1.54) is 24.3 Å². The van der Waals surface area contributed by atoms with Gasteiger partial charge in [0.05, 0.1) is 30.8 Å². The minimum absolute atomic E-state index is 0.0346. The van der Waals surface area contributed by atoms with Crippen molar-refractivity contribution in [3.63, 3.8) is 0 Å². The second-order valence-electron chi connectivity index (χ2n) is 5.07. The number of non-ortho nitro benzene ring substituents is 1. The van der Waals surface area contributed by atoms with E-state index in [1.54, 1.807) is 0 Å². The highest BCUT2D eigenvalue weighted by molar-refractivity contribution is 5.95. The Kier molecular flexibility index (Phi) is 6.19. The summed E-state index contributed by atoms with van der Waals surface area (Å²) in [6, 6.07) is 5.66. The molecule has 0 bridgehead atoms. The number of nitro benzene ring substituents is 1. The van der Waals surface area contributed by atoms with Gasteiger partial charge in [-0.2, -0.15) is 0 Å². The van der Waals surface area contributed by atoms with Gasteiger partial charge in [0.25, 0.3) is 5.69 Å². The van der Waals surface area contributed by atoms with Crippen molar-refractivity contribution in [2.75, 3.05) is 19.8 Å². The first kappa shape index (κ1) is 17.0. The largest absolute Gasteiger partial charge is 0.460 e. The van der Waals surface area contributed by atoms with Crippen molar-refractivity contribution in [3.05, 3.63) is 39.9 Å². The second kappa shape index (κ2) is 8.35. The van der Waals surface area contributed by atoms with E-state index in [-0.39, 0.29) is 37.0 Å². The molecule has 124 valence electrons. The van der Waals surface area contributed by atoms with Gasteiger partial charge in [0.1, 0.15) is 18.8 Å². The summed E-state index contributed by atoms with van der Waals surface area (Å²) in [5, 5.41) is 10.5. The lowest BCUT2D eigenvalue weighted by Crippen LogP contribution is -2.31. The summed E-state index contributed by atoms with van der Waals surface area (Å²) in [6.45, 7) is 1.28. The van der Waals surface area contributed by atoms with Crippen molar-refractivity contribution in [3.8, 4) is 0 Å². The molecule has 8 heteroatoms. The van der Waals surface area contributed by atoms with Crippen LogP contribution in [-0.2, 0) is 30.4 Å². The normalized spacial score (nSPS) is 17.5. The highest BCUT2D eigenvalue weighted by Crippen LogP contribution is 2.13. The molecule has 1 unspecified atom stereocenters. The van der Waals surface area contributed by atoms with Crippen LogP contribution in [0.4, 0.5) is 5.69 Å². The van der Waals surface area contributed by atoms with Gasteiger partial charge in [-0.25, -0.2) is 0 Å². The lowest BCUT2D eigenvalue weighted by molar-refractivity contribution is -0.384. The Morgan fingerprint density at radius 1 is 1.26 bits per heavy atom. The molecule has 1 aromatic carbocycles. The quantitative estimate of drug-likeness (QED) is 0.323. The van der Waals surface area contributed by atoms with E-state index in [9.17, 15) is 19.7 Å². The van der Waals surface area contributed by atoms with Crippen molar-refractivity contribution < 1.29 is 28.7 Å². The Balaban J connectivity index is 1.71. The standard InChI is InChI=1S/C15H17NO7/c17-13(7-14-10-21-5-6-22-14)8-15(18)23-9-11-1-3-12(4-2-11)16(19)20/h1-4,14H,5-10H2. The van der Waals surface area contributed by atoms with Crippen LogP contribution in [0.25, 0.3) is 0 Å². The molecule has 1 heterocycles. The molecule has 0 amide bonds. The number of hydrogen-bond acceptors (Lipinski definition) is 7. The molecule has 0 N–H and O–H groups in total. The Labute approximate surface area is 132 Å². The molecular weight excluding hydrogens is 306 g/mol. The highest BCUT2D eigenvalue weighted by Gasteiger charge is 2.20. The Morgan fingerprint density at radius 2 is 2.00 bits per heavy atom. The highest BCUT2D eigenvalue weighted by atomic mass is 16.6. The smallest absolute Gasteiger partial charge is 0.313 e. The maximum Gasteiger partial charge on any atom is 0.313 e. The minimum atomic E-state index is -0.634. The molecule has 1 aliphatic heterocycles. The Hall–Kier alpha value is -2.32. The summed E-state index contributed by atoms with van der Waals surface area (Å²) >= 11 is 0. The third-order valence-electron chi connectivity index (χ3n) is 3.23. The van der Waals surface area contributed by atoms with Crippen molar-refractivity contribution >= 4 is 17.4 Å². The van der Waals surface area contributed by atoms with Gasteiger partial charge >= 0.3 is 5.97 Å². The van der Waals surface area contributed by atoms with Gasteiger partial charge in [0.15, 0.2) is 0 Å². The number of nitrogens with zero attached hydrogens (tertiary/aromatic N) is 1. The number of Topliss-reactive ketones (excluding diaryl/α,β-unsaturated/α-hetero) is 1. The first-order valence-corrected chi connectivity index (χ1v) is 7.14. The van der Waals surface area contributed by atoms with E-state index < -0.39 is 10.9 Å². The summed E-state index contributed by atoms with van der Waals surface area (Å²) in [6.07, 6.45) is -0.516. The van der Waals surface area contributed by atoms with Crippen LogP contribution in [0.2, 0.25) is 0 Å². The third kappa shape index (κ3) is 5.76. The number of ketones is 1. The molecule has 1 fully saturated rings. The van der Waals surface area contributed by atoms with Crippen LogP contribution in [0.5, 0.6) is 0 Å². The third-order valence-corrected chi connectivity index (χ3v) is 3.23. The van der Waals surface area contributed by atoms with Gasteiger partial charge in [0.2, 0.25) is 0 Å². The number of rotatable bonds is 7. The fourth-order valence-corrected chi connectivity index (χ4v) is 2.07. The average Bonchev–Trinajstić information content (AvgIpc) is 2.54. The van der Waals surface area contributed by atoms with Gasteiger partial charge in [-0.1, -0.05) is 0 Å². The van der Waals surface area contributed by atoms with Crippen molar-refractivity contribution in [1.82, 2.24) is 0 Å². The van der Waals surface area contributed by atoms with E-state index in [0.29, 0.717) is 25.4 Å². The van der Waals surface area contributed by atoms with Crippen LogP contribution in [0.3, 0.4) is 0 Å². The molecule has 1 aliphatic rings. The zero-order valence-corrected chi connectivity index (χ0v) is 12.4. The number of benzene rings is 1. The lowest BCUT2D eigenvalue weighted by atomic mass is 10.1. The molecule has 2 rings (SSSR count). The van der Waals surface area contributed by atoms with Gasteiger partial charge in [0, 0.05) is 18.6 Å². The van der Waals surface area contributed by atoms with E-state index in [1.807, 2.05) is 0 Å². The molecule has 23 heavy (non-hydrogen) atoms. The summed E-state index contributed by atoms with van der Waals surface area (Å²) in [5.41, 5.74) is 0.574. The molecule has 0 aliphatic carbocycles. The van der Waals surface area contributed by atoms with Gasteiger partial charge < -0.3 is 14.2 Å². The zero-order chi connectivity index (χ0) is 16.7. The summed E-state index contributed by atoms with van der Waals surface area (Å²) in [5.74, 6) is -0.903. The summed E-state index contributed by atoms with van der Waals surface area (Å²) in [4.78, 5) is 33.4. The van der Waals surface area contributed by atoms with Crippen molar-refractivity contribution in [2.45, 2.75) is 25.6 Å². The van der Waals surface area contributed by atoms with E-state index in [2.05, 4.69) is 0 Å². The van der Waals surface area contributed by atoms with E-state index in [0.717, 1.165) is 0 Å². The first-order chi connectivity index (χ1) is 11.0. The fourth-order valence-electron chi connectivity index (χ4n) is 2.07. The van der Waals surface area contributed by atoms with Crippen LogP contribution >= 0.6 is 0 Å². The van der Waals surface area contributed by atoms with Crippen molar-refractivity contribution in [2.24, 2.45) is 0 Å². The number of carbonyl (C=O) groups excluding carboxylic acids is 2. The Bertz CT molecular complexity index is 564. The molecule has 1 atom stereocenters. The van der Waals surface area contributed by atoms with Gasteiger partial charge in [-0.3, -0.25) is 19.7 Å². The Morgan fingerprint density at radius 3 is 2.61 bits per heavy atom. The maximum absolute atomic E-state index is 11.7. The second-order valence-corrected chi connectivity index (χ2v) is 5.07. The van der Waals surface area contributed by atoms with E-state index >= 15 is 0 Å². The predicted octanol–water partition coefficient (Wildman–Crippen LogP) is 1.40. The molecule has 1 aromatic rings.